The van der Waals surface area contributed by atoms with Crippen LogP contribution in [0.1, 0.15) is 100 Å². The number of piperidine rings is 1. The van der Waals surface area contributed by atoms with Gasteiger partial charge in [-0.3, -0.25) is 19.4 Å². The van der Waals surface area contributed by atoms with Crippen LogP contribution < -0.4 is 25.0 Å². The molecule has 9 aromatic rings. The molecule has 11 rings (SSSR count). The highest BCUT2D eigenvalue weighted by atomic mass is 35.5. The van der Waals surface area contributed by atoms with E-state index in [0.29, 0.717) is 109 Å². The van der Waals surface area contributed by atoms with Gasteiger partial charge >= 0.3 is 6.18 Å². The van der Waals surface area contributed by atoms with Crippen LogP contribution in [0.5, 0.6) is 11.5 Å². The van der Waals surface area contributed by atoms with Crippen molar-refractivity contribution in [3.8, 4) is 47.3 Å². The number of fused-ring (bicyclic) bond motifs is 1. The zero-order chi connectivity index (χ0) is 75.2. The van der Waals surface area contributed by atoms with Gasteiger partial charge in [-0.05, 0) is 159 Å². The Balaban J connectivity index is 0.000000177. The Morgan fingerprint density at radius 3 is 2.05 bits per heavy atom. The van der Waals surface area contributed by atoms with Gasteiger partial charge in [0.1, 0.15) is 48.8 Å². The molecule has 2 aliphatic rings. The number of halogens is 12. The van der Waals surface area contributed by atoms with Crippen molar-refractivity contribution in [2.45, 2.75) is 84.4 Å². The molecule has 1 aliphatic carbocycles. The number of anilines is 1. The molecule has 16 nitrogen and oxygen atoms in total. The molecule has 3 aromatic heterocycles. The highest BCUT2D eigenvalue weighted by Crippen LogP contribution is 2.41. The number of carbonyl (C=O) groups excluding carboxylic acids is 3. The van der Waals surface area contributed by atoms with Gasteiger partial charge in [-0.15, -0.1) is 12.8 Å². The summed E-state index contributed by atoms with van der Waals surface area (Å²) >= 11 is 30.4. The van der Waals surface area contributed by atoms with Crippen LogP contribution in [0.3, 0.4) is 0 Å². The summed E-state index contributed by atoms with van der Waals surface area (Å²) in [5, 5.41) is 14.6. The first kappa shape index (κ1) is 80.2. The number of carbonyl (C=O) groups is 3. The van der Waals surface area contributed by atoms with Crippen LogP contribution >= 0.6 is 58.0 Å². The standard InChI is InChI=1S/C23H22ClNO4.C20H17F5N2O2.C18H18ClF2N5.C15H12Cl3NO/c1-4-14-28-20-11-6-17(16-21(20)27-3)12-13-25-23(26)22(29-15-5-2)18-7-9-19(24)10-8-18;21-15-9-8-14(20(23,24)25)17(18(15)22)19(27-29-11-13-6-7-13)26-16(28)10-12-4-2-1-3-5-12;1-10-3-5-25(6-4-10)17-15(14-12(20)7-11(2)8-13(14)21)16(19)24-18-22-9-23-26(17)18;1-9-7-12(18)13(19-8-9)5-6-14(20)15-10(16)3-2-4-11(15)17/h1-2,6-11,16,22H,12-15H2,3H3,(H,25,26);1-5,8-9,13H,6-7,10-11H2,(H,26,27,28);7-10H,3-6H2,1-2H3;2-4,7-8H,5-6H2,1H3. The fourth-order valence-corrected chi connectivity index (χ4v) is 11.9. The zero-order valence-corrected chi connectivity index (χ0v) is 60.3. The number of ether oxygens (including phenoxy) is 3. The van der Waals surface area contributed by atoms with Crippen LogP contribution in [-0.4, -0.2) is 94.6 Å². The molecule has 1 unspecified atom stereocenters. The number of rotatable bonds is 22. The van der Waals surface area contributed by atoms with E-state index in [4.69, 9.17) is 89.9 Å². The molecular formula is C76H69Cl5F7N9O7. The summed E-state index contributed by atoms with van der Waals surface area (Å²) in [5.74, 6) is 1.04. The van der Waals surface area contributed by atoms with E-state index in [1.54, 1.807) is 99.1 Å². The van der Waals surface area contributed by atoms with Gasteiger partial charge < -0.3 is 34.6 Å². The fourth-order valence-electron chi connectivity index (χ4n) is 10.6. The van der Waals surface area contributed by atoms with Crippen molar-refractivity contribution in [1.82, 2.24) is 35.2 Å². The lowest BCUT2D eigenvalue weighted by Gasteiger charge is -2.33. The van der Waals surface area contributed by atoms with Gasteiger partial charge in [0, 0.05) is 37.3 Å². The number of methoxy groups -OCH3 is 1. The number of aryl methyl sites for hydroxylation is 3. The highest BCUT2D eigenvalue weighted by molar-refractivity contribution is 6.40. The Labute approximate surface area is 621 Å². The lowest BCUT2D eigenvalue weighted by Crippen LogP contribution is -2.35. The quantitative estimate of drug-likeness (QED) is 0.0125. The summed E-state index contributed by atoms with van der Waals surface area (Å²) < 4.78 is 115. The van der Waals surface area contributed by atoms with Gasteiger partial charge in [-0.1, -0.05) is 137 Å². The maximum absolute atomic E-state index is 14.7. The minimum absolute atomic E-state index is 0.0146. The number of nitrogens with zero attached hydrogens (tertiary/aromatic N) is 7. The minimum atomic E-state index is -4.99. The molecule has 0 spiro atoms. The number of oxime groups is 1. The zero-order valence-electron chi connectivity index (χ0n) is 56.5. The van der Waals surface area contributed by atoms with Crippen LogP contribution in [0.2, 0.25) is 25.2 Å². The van der Waals surface area contributed by atoms with Gasteiger partial charge in [-0.2, -0.15) is 32.8 Å². The van der Waals surface area contributed by atoms with Gasteiger partial charge in [-0.25, -0.2) is 17.6 Å². The predicted octanol–water partition coefficient (Wildman–Crippen LogP) is 17.3. The van der Waals surface area contributed by atoms with E-state index in [0.717, 1.165) is 49.9 Å². The number of amidine groups is 1. The van der Waals surface area contributed by atoms with Crippen LogP contribution in [0.15, 0.2) is 139 Å². The summed E-state index contributed by atoms with van der Waals surface area (Å²) in [7, 11) is 1.56. The number of aromatic nitrogens is 5. The van der Waals surface area contributed by atoms with Crippen molar-refractivity contribution in [3.63, 3.8) is 0 Å². The van der Waals surface area contributed by atoms with E-state index in [9.17, 15) is 45.1 Å². The summed E-state index contributed by atoms with van der Waals surface area (Å²) in [4.78, 5) is 56.7. The lowest BCUT2D eigenvalue weighted by atomic mass is 9.98. The predicted molar refractivity (Wildman–Crippen MR) is 387 cm³/mol. The number of nitrogens with one attached hydrogen (secondary N) is 2. The molecule has 0 radical (unpaired) electrons. The largest absolute Gasteiger partial charge is 0.493 e. The molecule has 1 saturated carbocycles. The fraction of sp³-hybridized carbons (Fsp3) is 0.289. The number of Topliss-reactive ketones (excluding diaryl/α,β-unsaturated/α-hetero) is 1. The molecule has 1 aliphatic heterocycles. The van der Waals surface area contributed by atoms with E-state index >= 15 is 0 Å². The Morgan fingerprint density at radius 2 is 1.41 bits per heavy atom. The van der Waals surface area contributed by atoms with E-state index in [2.05, 4.69) is 59.5 Å². The topological polar surface area (TPSA) is 184 Å². The monoisotopic (exact) mass is 1530 g/mol. The average molecular weight is 1530 g/mol. The Kier molecular flexibility index (Phi) is 29.6. The highest BCUT2D eigenvalue weighted by Gasteiger charge is 2.38. The Morgan fingerprint density at radius 1 is 0.731 bits per heavy atom. The van der Waals surface area contributed by atoms with Crippen molar-refractivity contribution in [2.24, 2.45) is 17.0 Å². The number of benzene rings is 6. The molecule has 6 aromatic carbocycles. The second kappa shape index (κ2) is 38.3. The SMILES string of the molecule is C#CCOc1ccc(CCNC(=O)C(OCC#C)c2ccc(Cl)cc2)cc1OC.Cc1cc(F)c(-c2c(Cl)nc3ncnn3c2N2CCC(C)CC2)c(F)c1.Cc1cnc(CCC(=O)c2c(Cl)cccc2Cl)c(Cl)c1.O=C(Cc1ccccc1)N/C(=N\OCC1CC1)c1c(C(F)(F)F)ccc(F)c1F. The van der Waals surface area contributed by atoms with Gasteiger partial charge in [0.05, 0.1) is 62.1 Å². The minimum Gasteiger partial charge on any atom is -0.493 e. The van der Waals surface area contributed by atoms with E-state index in [-0.39, 0.29) is 66.6 Å². The number of hydrogen-bond donors (Lipinski definition) is 2. The lowest BCUT2D eigenvalue weighted by molar-refractivity contribution is -0.138. The number of amides is 2. The Bertz CT molecular complexity index is 4560. The maximum Gasteiger partial charge on any atom is 0.417 e. The van der Waals surface area contributed by atoms with Crippen molar-refractivity contribution in [1.29, 1.82) is 0 Å². The third-order valence-corrected chi connectivity index (χ3v) is 17.5. The van der Waals surface area contributed by atoms with E-state index in [1.807, 2.05) is 25.1 Å². The maximum atomic E-state index is 14.7. The van der Waals surface area contributed by atoms with Crippen molar-refractivity contribution in [2.75, 3.05) is 51.5 Å². The van der Waals surface area contributed by atoms with Gasteiger partial charge in [0.25, 0.3) is 11.7 Å². The summed E-state index contributed by atoms with van der Waals surface area (Å²) in [5.41, 5.74) is 2.16. The first-order valence-electron chi connectivity index (χ1n) is 32.4. The van der Waals surface area contributed by atoms with E-state index in [1.165, 1.54) is 23.0 Å². The molecule has 1 saturated heterocycles. The average Bonchev–Trinajstić information content (AvgIpc) is 1.39. The molecule has 2 N–H and O–H groups in total. The van der Waals surface area contributed by atoms with Gasteiger partial charge in [0.2, 0.25) is 5.91 Å². The summed E-state index contributed by atoms with van der Waals surface area (Å²) in [6.07, 6.45) is 12.6. The third kappa shape index (κ3) is 22.5. The number of pyridine rings is 1. The van der Waals surface area contributed by atoms with Crippen molar-refractivity contribution < 1.29 is 64.2 Å². The van der Waals surface area contributed by atoms with E-state index < -0.39 is 58.4 Å². The molecule has 2 fully saturated rings. The van der Waals surface area contributed by atoms with Crippen LogP contribution in [0, 0.1) is 73.6 Å². The van der Waals surface area contributed by atoms with Gasteiger partial charge in [0.15, 0.2) is 40.9 Å². The summed E-state index contributed by atoms with van der Waals surface area (Å²) in [6.45, 7) is 7.96. The Hall–Kier alpha value is -9.46. The second-order valence-corrected chi connectivity index (χ2v) is 26.0. The summed E-state index contributed by atoms with van der Waals surface area (Å²) in [6, 6.07) is 31.0. The molecule has 2 amide bonds. The van der Waals surface area contributed by atoms with Crippen LogP contribution in [-0.2, 0) is 44.6 Å². The molecule has 4 heterocycles. The van der Waals surface area contributed by atoms with Crippen LogP contribution in [0.25, 0.3) is 16.9 Å². The number of alkyl halides is 3. The normalized spacial score (nSPS) is 13.1. The molecule has 0 bridgehead atoms. The number of ketones is 1. The van der Waals surface area contributed by atoms with Crippen molar-refractivity contribution >= 4 is 93.0 Å². The number of terminal acetylenes is 2. The molecule has 28 heteroatoms. The number of hydrogen-bond acceptors (Lipinski definition) is 13. The second-order valence-electron chi connectivity index (χ2n) is 23.9. The molecular weight excluding hydrogens is 1460 g/mol. The first-order chi connectivity index (χ1) is 49.8. The molecule has 544 valence electrons. The first-order valence-corrected chi connectivity index (χ1v) is 34.3. The van der Waals surface area contributed by atoms with Crippen molar-refractivity contribution in [3.05, 3.63) is 233 Å². The smallest absolute Gasteiger partial charge is 0.417 e. The molecule has 1 atom stereocenters. The third-order valence-electron chi connectivity index (χ3n) is 16.0. The van der Waals surface area contributed by atoms with Crippen LogP contribution in [0.4, 0.5) is 36.6 Å². The molecule has 104 heavy (non-hydrogen) atoms.